The number of unbranched alkanes of at least 4 members (excludes halogenated alkanes) is 1. The minimum Gasteiger partial charge on any atom is -0.314 e. The fraction of sp³-hybridized carbons (Fsp3) is 0.400. The van der Waals surface area contributed by atoms with Crippen LogP contribution in [0, 0.1) is 0 Å². The van der Waals surface area contributed by atoms with Crippen molar-refractivity contribution >= 4 is 18.6 Å². The summed E-state index contributed by atoms with van der Waals surface area (Å²) in [6.07, 6.45) is 9.28. The molecule has 7 nitrogen and oxygen atoms in total. The van der Waals surface area contributed by atoms with Crippen LogP contribution < -0.4 is 21.3 Å². The van der Waals surface area contributed by atoms with E-state index in [4.69, 9.17) is 4.99 Å². The molecule has 0 saturated heterocycles. The Morgan fingerprint density at radius 2 is 1.29 bits per heavy atom. The van der Waals surface area contributed by atoms with Gasteiger partial charge in [0.1, 0.15) is 0 Å². The Morgan fingerprint density at radius 1 is 0.643 bits per heavy atom. The van der Waals surface area contributed by atoms with Gasteiger partial charge >= 0.3 is 0 Å². The lowest BCUT2D eigenvalue weighted by Gasteiger charge is -2.14. The second-order valence-corrected chi connectivity index (χ2v) is 10.7. The summed E-state index contributed by atoms with van der Waals surface area (Å²) in [7, 11) is 0. The van der Waals surface area contributed by atoms with Crippen LogP contribution in [0.15, 0.2) is 93.8 Å². The molecule has 7 heteroatoms. The van der Waals surface area contributed by atoms with Gasteiger partial charge in [0, 0.05) is 64.5 Å². The average molecular weight is 566 g/mol. The first-order valence-corrected chi connectivity index (χ1v) is 15.4. The van der Waals surface area contributed by atoms with E-state index in [1.54, 1.807) is 0 Å². The molecule has 0 aliphatic carbocycles. The van der Waals surface area contributed by atoms with Crippen LogP contribution in [0.2, 0.25) is 0 Å². The summed E-state index contributed by atoms with van der Waals surface area (Å²) < 4.78 is 0. The fourth-order valence-electron chi connectivity index (χ4n) is 4.70. The first-order valence-electron chi connectivity index (χ1n) is 15.4. The second-order valence-electron chi connectivity index (χ2n) is 10.7. The highest BCUT2D eigenvalue weighted by molar-refractivity contribution is 5.84. The summed E-state index contributed by atoms with van der Waals surface area (Å²) in [5.74, 6) is 0. The summed E-state index contributed by atoms with van der Waals surface area (Å²) in [6, 6.07) is 27.9. The van der Waals surface area contributed by atoms with Crippen LogP contribution in [0.5, 0.6) is 0 Å². The van der Waals surface area contributed by atoms with Gasteiger partial charge < -0.3 is 21.3 Å². The van der Waals surface area contributed by atoms with Crippen LogP contribution in [0.25, 0.3) is 0 Å². The highest BCUT2D eigenvalue weighted by atomic mass is 15.0. The Kier molecular flexibility index (Phi) is 14.7. The van der Waals surface area contributed by atoms with E-state index in [1.165, 1.54) is 11.1 Å². The summed E-state index contributed by atoms with van der Waals surface area (Å²) in [5, 5.41) is 14.1. The first-order chi connectivity index (χ1) is 20.8. The van der Waals surface area contributed by atoms with E-state index < -0.39 is 0 Å². The Labute approximate surface area is 252 Å². The van der Waals surface area contributed by atoms with E-state index in [9.17, 15) is 0 Å². The van der Waals surface area contributed by atoms with Crippen LogP contribution in [0.3, 0.4) is 0 Å². The van der Waals surface area contributed by atoms with Crippen molar-refractivity contribution in [2.24, 2.45) is 15.0 Å². The fourth-order valence-corrected chi connectivity index (χ4v) is 4.70. The van der Waals surface area contributed by atoms with Crippen molar-refractivity contribution < 1.29 is 0 Å². The molecule has 1 unspecified atom stereocenters. The van der Waals surface area contributed by atoms with Crippen molar-refractivity contribution in [2.45, 2.75) is 38.4 Å². The van der Waals surface area contributed by atoms with Crippen molar-refractivity contribution in [3.63, 3.8) is 0 Å². The normalized spacial score (nSPS) is 17.5. The molecule has 1 atom stereocenters. The minimum absolute atomic E-state index is 0.240. The summed E-state index contributed by atoms with van der Waals surface area (Å²) in [5.41, 5.74) is 5.98. The maximum absolute atomic E-state index is 4.99. The number of aliphatic imine (C=N–C) groups is 3. The SMILES string of the molecule is C1=NCCNCCNCc2ccc(cc2)C=NC(CCCCNCc2ccccc2)CNCCN=Cc2ccc1cc2. The third kappa shape index (κ3) is 13.0. The summed E-state index contributed by atoms with van der Waals surface area (Å²) in [6.45, 7) is 8.72. The maximum atomic E-state index is 4.99. The zero-order valence-electron chi connectivity index (χ0n) is 24.8. The lowest BCUT2D eigenvalue weighted by molar-refractivity contribution is 0.513. The summed E-state index contributed by atoms with van der Waals surface area (Å²) >= 11 is 0. The largest absolute Gasteiger partial charge is 0.314 e. The standard InChI is InChI=1S/C35H47N7/c1-2-6-30(7-3-1)24-37-17-5-4-8-35-29-41-23-22-40-27-32-11-9-31(10-12-32)25-38-20-18-36-19-21-39-26-33-13-15-34(16-14-33)28-42-35/h1-3,6-7,9-16,25,27-28,35-37,39,41H,4-5,8,17-24,26,29H2. The minimum atomic E-state index is 0.240. The Bertz CT molecular complexity index is 1200. The van der Waals surface area contributed by atoms with Gasteiger partial charge in [-0.2, -0.15) is 0 Å². The molecule has 222 valence electrons. The molecule has 3 aromatic rings. The molecule has 4 aliphatic heterocycles. The Hall–Kier alpha value is -3.49. The van der Waals surface area contributed by atoms with Gasteiger partial charge in [0.05, 0.1) is 19.1 Å². The predicted molar refractivity (Wildman–Crippen MR) is 179 cm³/mol. The van der Waals surface area contributed by atoms with Crippen molar-refractivity contribution in [3.05, 3.63) is 107 Å². The molecule has 42 heavy (non-hydrogen) atoms. The molecule has 0 amide bonds. The van der Waals surface area contributed by atoms with Gasteiger partial charge in [0.2, 0.25) is 0 Å². The maximum Gasteiger partial charge on any atom is 0.0624 e. The average Bonchev–Trinajstić information content (AvgIpc) is 3.03. The van der Waals surface area contributed by atoms with Gasteiger partial charge in [-0.25, -0.2) is 0 Å². The number of rotatable bonds is 7. The highest BCUT2D eigenvalue weighted by Crippen LogP contribution is 2.07. The third-order valence-electron chi connectivity index (χ3n) is 7.17. The number of hydrogen-bond acceptors (Lipinski definition) is 7. The third-order valence-corrected chi connectivity index (χ3v) is 7.17. The topological polar surface area (TPSA) is 85.2 Å². The molecule has 0 saturated carbocycles. The van der Waals surface area contributed by atoms with Crippen molar-refractivity contribution in [2.75, 3.05) is 52.4 Å². The molecule has 7 rings (SSSR count). The zero-order valence-corrected chi connectivity index (χ0v) is 24.8. The van der Waals surface area contributed by atoms with Crippen molar-refractivity contribution in [1.29, 1.82) is 0 Å². The molecule has 4 bridgehead atoms. The first kappa shape index (κ1) is 31.4. The van der Waals surface area contributed by atoms with Crippen LogP contribution in [-0.2, 0) is 13.1 Å². The predicted octanol–water partition coefficient (Wildman–Crippen LogP) is 4.25. The van der Waals surface area contributed by atoms with Gasteiger partial charge in [0.25, 0.3) is 0 Å². The molecular weight excluding hydrogens is 518 g/mol. The number of hydrogen-bond donors (Lipinski definition) is 4. The lowest BCUT2D eigenvalue weighted by Crippen LogP contribution is -2.28. The van der Waals surface area contributed by atoms with Crippen LogP contribution in [-0.4, -0.2) is 77.0 Å². The van der Waals surface area contributed by atoms with Gasteiger partial charge in [-0.3, -0.25) is 15.0 Å². The van der Waals surface area contributed by atoms with E-state index >= 15 is 0 Å². The van der Waals surface area contributed by atoms with E-state index in [2.05, 4.69) is 110 Å². The quantitative estimate of drug-likeness (QED) is 0.323. The molecule has 0 aromatic heterocycles. The molecule has 4 aliphatic rings. The molecule has 0 radical (unpaired) electrons. The molecule has 4 heterocycles. The highest BCUT2D eigenvalue weighted by Gasteiger charge is 2.06. The summed E-state index contributed by atoms with van der Waals surface area (Å²) in [4.78, 5) is 14.2. The van der Waals surface area contributed by atoms with Crippen LogP contribution in [0.1, 0.15) is 47.1 Å². The van der Waals surface area contributed by atoms with Crippen LogP contribution in [0.4, 0.5) is 0 Å². The molecule has 4 N–H and O–H groups in total. The molecule has 3 aromatic carbocycles. The van der Waals surface area contributed by atoms with Crippen molar-refractivity contribution in [1.82, 2.24) is 21.3 Å². The number of nitrogens with zero attached hydrogens (tertiary/aromatic N) is 3. The monoisotopic (exact) mass is 565 g/mol. The van der Waals surface area contributed by atoms with E-state index in [-0.39, 0.29) is 6.04 Å². The number of nitrogens with one attached hydrogen (secondary N) is 4. The Balaban J connectivity index is 1.29. The van der Waals surface area contributed by atoms with Crippen LogP contribution >= 0.6 is 0 Å². The van der Waals surface area contributed by atoms with E-state index in [0.29, 0.717) is 0 Å². The Morgan fingerprint density at radius 3 is 2.02 bits per heavy atom. The molecule has 0 spiro atoms. The van der Waals surface area contributed by atoms with E-state index in [1.807, 2.05) is 18.6 Å². The zero-order chi connectivity index (χ0) is 28.9. The van der Waals surface area contributed by atoms with Gasteiger partial charge in [-0.1, -0.05) is 85.3 Å². The van der Waals surface area contributed by atoms with E-state index in [0.717, 1.165) is 101 Å². The van der Waals surface area contributed by atoms with Gasteiger partial charge in [0.15, 0.2) is 0 Å². The lowest BCUT2D eigenvalue weighted by atomic mass is 10.1. The van der Waals surface area contributed by atoms with Gasteiger partial charge in [-0.15, -0.1) is 0 Å². The second kappa shape index (κ2) is 19.6. The molecule has 0 fully saturated rings. The smallest absolute Gasteiger partial charge is 0.0624 e. The van der Waals surface area contributed by atoms with Gasteiger partial charge in [-0.05, 0) is 47.2 Å². The van der Waals surface area contributed by atoms with Crippen molar-refractivity contribution in [3.8, 4) is 0 Å². The number of benzene rings is 3. The molecular formula is C35H47N7.